The van der Waals surface area contributed by atoms with Crippen LogP contribution in [-0.4, -0.2) is 48.0 Å². The van der Waals surface area contributed by atoms with Crippen LogP contribution in [0.3, 0.4) is 0 Å². The van der Waals surface area contributed by atoms with Gasteiger partial charge in [0.25, 0.3) is 0 Å². The summed E-state index contributed by atoms with van der Waals surface area (Å²) in [5.74, 6) is 0.791. The Balaban J connectivity index is 2.17. The molecule has 1 aliphatic rings. The number of amides is 1. The SMILES string of the molecule is COc1ccc(C2CN(C(=O)O)CC2CO)cc1. The van der Waals surface area contributed by atoms with E-state index >= 15 is 0 Å². The molecule has 2 rings (SSSR count). The van der Waals surface area contributed by atoms with Gasteiger partial charge in [-0.2, -0.15) is 0 Å². The van der Waals surface area contributed by atoms with E-state index in [9.17, 15) is 9.90 Å². The van der Waals surface area contributed by atoms with E-state index in [0.717, 1.165) is 11.3 Å². The average Bonchev–Trinajstić information content (AvgIpc) is 2.83. The Bertz CT molecular complexity index is 418. The zero-order valence-corrected chi connectivity index (χ0v) is 10.2. The molecule has 1 aliphatic heterocycles. The quantitative estimate of drug-likeness (QED) is 0.851. The predicted octanol–water partition coefficient (Wildman–Crippen LogP) is 1.38. The molecular formula is C13H17NO4. The van der Waals surface area contributed by atoms with Crippen LogP contribution in [0.2, 0.25) is 0 Å². The summed E-state index contributed by atoms with van der Waals surface area (Å²) in [5.41, 5.74) is 1.04. The lowest BCUT2D eigenvalue weighted by Gasteiger charge is -2.16. The first-order chi connectivity index (χ1) is 8.65. The van der Waals surface area contributed by atoms with Crippen LogP contribution in [0.1, 0.15) is 11.5 Å². The van der Waals surface area contributed by atoms with Gasteiger partial charge in [0.2, 0.25) is 0 Å². The van der Waals surface area contributed by atoms with Crippen LogP contribution in [0.15, 0.2) is 24.3 Å². The number of hydrogen-bond donors (Lipinski definition) is 2. The van der Waals surface area contributed by atoms with Crippen molar-refractivity contribution < 1.29 is 19.7 Å². The summed E-state index contributed by atoms with van der Waals surface area (Å²) in [6.45, 7) is 0.829. The van der Waals surface area contributed by atoms with Gasteiger partial charge in [-0.15, -0.1) is 0 Å². The molecule has 0 radical (unpaired) electrons. The van der Waals surface area contributed by atoms with Crippen molar-refractivity contribution in [3.63, 3.8) is 0 Å². The lowest BCUT2D eigenvalue weighted by Crippen LogP contribution is -2.27. The number of ether oxygens (including phenoxy) is 1. The number of benzene rings is 1. The first kappa shape index (κ1) is 12.7. The molecule has 1 amide bonds. The van der Waals surface area contributed by atoms with Crippen molar-refractivity contribution in [2.24, 2.45) is 5.92 Å². The fraction of sp³-hybridized carbons (Fsp3) is 0.462. The molecule has 5 heteroatoms. The minimum absolute atomic E-state index is 0.000472. The van der Waals surface area contributed by atoms with Gasteiger partial charge in [0, 0.05) is 31.5 Å². The standard InChI is InChI=1S/C13H17NO4/c1-18-11-4-2-9(3-5-11)12-7-14(13(16)17)6-10(12)8-15/h2-5,10,12,15H,6-8H2,1H3,(H,16,17). The number of likely N-dealkylation sites (tertiary alicyclic amines) is 1. The van der Waals surface area contributed by atoms with Crippen molar-refractivity contribution in [3.05, 3.63) is 29.8 Å². The van der Waals surface area contributed by atoms with E-state index in [-0.39, 0.29) is 18.4 Å². The molecule has 98 valence electrons. The zero-order chi connectivity index (χ0) is 13.1. The van der Waals surface area contributed by atoms with Gasteiger partial charge in [-0.25, -0.2) is 4.79 Å². The van der Waals surface area contributed by atoms with Gasteiger partial charge in [0.15, 0.2) is 0 Å². The maximum absolute atomic E-state index is 11.0. The predicted molar refractivity (Wildman–Crippen MR) is 65.9 cm³/mol. The van der Waals surface area contributed by atoms with E-state index in [1.54, 1.807) is 7.11 Å². The maximum atomic E-state index is 11.0. The Labute approximate surface area is 106 Å². The van der Waals surface area contributed by atoms with Crippen molar-refractivity contribution in [1.82, 2.24) is 4.90 Å². The minimum atomic E-state index is -0.926. The molecule has 18 heavy (non-hydrogen) atoms. The summed E-state index contributed by atoms with van der Waals surface area (Å²) in [5, 5.41) is 18.4. The van der Waals surface area contributed by atoms with Crippen LogP contribution < -0.4 is 4.74 Å². The van der Waals surface area contributed by atoms with E-state index in [4.69, 9.17) is 9.84 Å². The second-order valence-electron chi connectivity index (χ2n) is 4.51. The summed E-state index contributed by atoms with van der Waals surface area (Å²) < 4.78 is 5.09. The summed E-state index contributed by atoms with van der Waals surface area (Å²) in [7, 11) is 1.60. The van der Waals surface area contributed by atoms with Gasteiger partial charge in [-0.1, -0.05) is 12.1 Å². The Kier molecular flexibility index (Phi) is 3.72. The number of carbonyl (C=O) groups is 1. The van der Waals surface area contributed by atoms with Crippen molar-refractivity contribution in [1.29, 1.82) is 0 Å². The zero-order valence-electron chi connectivity index (χ0n) is 10.2. The molecule has 5 nitrogen and oxygen atoms in total. The highest BCUT2D eigenvalue weighted by atomic mass is 16.5. The van der Waals surface area contributed by atoms with E-state index < -0.39 is 6.09 Å². The molecule has 2 N–H and O–H groups in total. The average molecular weight is 251 g/mol. The second kappa shape index (κ2) is 5.27. The lowest BCUT2D eigenvalue weighted by atomic mass is 9.89. The molecule has 1 saturated heterocycles. The van der Waals surface area contributed by atoms with Crippen LogP contribution in [0.4, 0.5) is 4.79 Å². The normalized spacial score (nSPS) is 23.1. The molecule has 1 aromatic rings. The Morgan fingerprint density at radius 1 is 1.39 bits per heavy atom. The molecule has 1 aromatic carbocycles. The first-order valence-corrected chi connectivity index (χ1v) is 5.88. The molecule has 0 aliphatic carbocycles. The smallest absolute Gasteiger partial charge is 0.407 e. The Morgan fingerprint density at radius 2 is 2.06 bits per heavy atom. The molecule has 1 fully saturated rings. The summed E-state index contributed by atoms with van der Waals surface area (Å²) in [6, 6.07) is 7.56. The number of aliphatic hydroxyl groups is 1. The van der Waals surface area contributed by atoms with Crippen LogP contribution in [-0.2, 0) is 0 Å². The third-order valence-electron chi connectivity index (χ3n) is 3.49. The maximum Gasteiger partial charge on any atom is 0.407 e. The molecule has 0 spiro atoms. The monoisotopic (exact) mass is 251 g/mol. The van der Waals surface area contributed by atoms with Crippen LogP contribution in [0.5, 0.6) is 5.75 Å². The number of nitrogens with zero attached hydrogens (tertiary/aromatic N) is 1. The van der Waals surface area contributed by atoms with E-state index in [1.807, 2.05) is 24.3 Å². The number of carboxylic acid groups (broad SMARTS) is 1. The molecule has 2 unspecified atom stereocenters. The molecule has 1 heterocycles. The highest BCUT2D eigenvalue weighted by molar-refractivity contribution is 5.65. The van der Waals surface area contributed by atoms with E-state index in [1.165, 1.54) is 4.90 Å². The summed E-state index contributed by atoms with van der Waals surface area (Å²) in [4.78, 5) is 12.3. The van der Waals surface area contributed by atoms with Crippen molar-refractivity contribution in [3.8, 4) is 5.75 Å². The lowest BCUT2D eigenvalue weighted by molar-refractivity contribution is 0.150. The Morgan fingerprint density at radius 3 is 2.56 bits per heavy atom. The van der Waals surface area contributed by atoms with Crippen LogP contribution in [0, 0.1) is 5.92 Å². The van der Waals surface area contributed by atoms with Gasteiger partial charge >= 0.3 is 6.09 Å². The van der Waals surface area contributed by atoms with Gasteiger partial charge in [-0.05, 0) is 17.7 Å². The van der Waals surface area contributed by atoms with E-state index in [2.05, 4.69) is 0 Å². The van der Waals surface area contributed by atoms with E-state index in [0.29, 0.717) is 13.1 Å². The van der Waals surface area contributed by atoms with Gasteiger partial charge in [-0.3, -0.25) is 0 Å². The number of aliphatic hydroxyl groups excluding tert-OH is 1. The molecule has 0 saturated carbocycles. The highest BCUT2D eigenvalue weighted by Crippen LogP contribution is 2.33. The highest BCUT2D eigenvalue weighted by Gasteiger charge is 2.35. The molecule has 0 bridgehead atoms. The van der Waals surface area contributed by atoms with Gasteiger partial charge in [0.05, 0.1) is 7.11 Å². The third-order valence-corrected chi connectivity index (χ3v) is 3.49. The fourth-order valence-electron chi connectivity index (χ4n) is 2.44. The molecule has 2 atom stereocenters. The topological polar surface area (TPSA) is 70.0 Å². The summed E-state index contributed by atoms with van der Waals surface area (Å²) in [6.07, 6.45) is -0.926. The second-order valence-corrected chi connectivity index (χ2v) is 4.51. The fourth-order valence-corrected chi connectivity index (χ4v) is 2.44. The number of hydrogen-bond acceptors (Lipinski definition) is 3. The largest absolute Gasteiger partial charge is 0.497 e. The minimum Gasteiger partial charge on any atom is -0.497 e. The van der Waals surface area contributed by atoms with Crippen LogP contribution >= 0.6 is 0 Å². The first-order valence-electron chi connectivity index (χ1n) is 5.88. The van der Waals surface area contributed by atoms with Gasteiger partial charge < -0.3 is 19.8 Å². The van der Waals surface area contributed by atoms with Crippen LogP contribution in [0.25, 0.3) is 0 Å². The summed E-state index contributed by atoms with van der Waals surface area (Å²) >= 11 is 0. The Hall–Kier alpha value is -1.75. The van der Waals surface area contributed by atoms with Crippen molar-refractivity contribution >= 4 is 6.09 Å². The molecular weight excluding hydrogens is 234 g/mol. The number of methoxy groups -OCH3 is 1. The van der Waals surface area contributed by atoms with Crippen molar-refractivity contribution in [2.45, 2.75) is 5.92 Å². The van der Waals surface area contributed by atoms with Gasteiger partial charge in [0.1, 0.15) is 5.75 Å². The third kappa shape index (κ3) is 2.41. The molecule has 0 aromatic heterocycles. The number of rotatable bonds is 3. The van der Waals surface area contributed by atoms with Crippen molar-refractivity contribution in [2.75, 3.05) is 26.8 Å².